The van der Waals surface area contributed by atoms with Gasteiger partial charge in [0, 0.05) is 6.54 Å². The van der Waals surface area contributed by atoms with Crippen LogP contribution >= 0.6 is 0 Å². The lowest BCUT2D eigenvalue weighted by molar-refractivity contribution is -0.143. The van der Waals surface area contributed by atoms with Crippen molar-refractivity contribution in [2.75, 3.05) is 19.6 Å². The maximum Gasteiger partial charge on any atom is 0.306 e. The second-order valence-electron chi connectivity index (χ2n) is 3.85. The molecule has 0 bridgehead atoms. The Bertz CT molecular complexity index is 205. The van der Waals surface area contributed by atoms with Crippen molar-refractivity contribution in [1.29, 1.82) is 0 Å². The molecule has 0 saturated carbocycles. The van der Waals surface area contributed by atoms with Gasteiger partial charge in [-0.25, -0.2) is 0 Å². The lowest BCUT2D eigenvalue weighted by Gasteiger charge is -2.29. The van der Waals surface area contributed by atoms with Crippen molar-refractivity contribution in [1.82, 2.24) is 4.90 Å². The number of piperidine rings is 1. The predicted octanol–water partition coefficient (Wildman–Crippen LogP) is 1.36. The topological polar surface area (TPSA) is 40.5 Å². The Labute approximate surface area is 79.0 Å². The van der Waals surface area contributed by atoms with Gasteiger partial charge in [-0.2, -0.15) is 0 Å². The molecule has 74 valence electrons. The number of hydrogen-bond acceptors (Lipinski definition) is 2. The number of nitrogens with zero attached hydrogens (tertiary/aromatic N) is 1. The maximum absolute atomic E-state index is 10.6. The fraction of sp³-hybridized carbons (Fsp3) is 0.700. The molecule has 0 aliphatic carbocycles. The summed E-state index contributed by atoms with van der Waals surface area (Å²) >= 11 is 0. The first-order valence-electron chi connectivity index (χ1n) is 4.69. The van der Waals surface area contributed by atoms with Crippen molar-refractivity contribution in [3.8, 4) is 0 Å². The zero-order valence-corrected chi connectivity index (χ0v) is 8.12. The summed E-state index contributed by atoms with van der Waals surface area (Å²) in [6.07, 6.45) is 1.56. The standard InChI is InChI=1S/C10H17NO2/c1-8(2)7-11-5-3-9(4-6-11)10(12)13/h9H,1,3-7H2,2H3,(H,12,13). The minimum absolute atomic E-state index is 0.124. The summed E-state index contributed by atoms with van der Waals surface area (Å²) in [5, 5.41) is 8.77. The molecule has 1 rings (SSSR count). The van der Waals surface area contributed by atoms with E-state index in [1.165, 1.54) is 0 Å². The Morgan fingerprint density at radius 2 is 2.08 bits per heavy atom. The molecule has 0 unspecified atom stereocenters. The van der Waals surface area contributed by atoms with Crippen molar-refractivity contribution < 1.29 is 9.90 Å². The van der Waals surface area contributed by atoms with E-state index in [0.717, 1.165) is 38.0 Å². The Balaban J connectivity index is 2.30. The Morgan fingerprint density at radius 1 is 1.54 bits per heavy atom. The van der Waals surface area contributed by atoms with Gasteiger partial charge in [0.1, 0.15) is 0 Å². The monoisotopic (exact) mass is 183 g/mol. The van der Waals surface area contributed by atoms with E-state index in [0.29, 0.717) is 0 Å². The van der Waals surface area contributed by atoms with Gasteiger partial charge in [0.25, 0.3) is 0 Å². The molecule has 0 aromatic heterocycles. The molecule has 1 N–H and O–H groups in total. The third-order valence-corrected chi connectivity index (χ3v) is 2.43. The first-order valence-corrected chi connectivity index (χ1v) is 4.69. The molecule has 1 aliphatic heterocycles. The highest BCUT2D eigenvalue weighted by Crippen LogP contribution is 2.17. The lowest BCUT2D eigenvalue weighted by Crippen LogP contribution is -2.37. The average molecular weight is 183 g/mol. The van der Waals surface area contributed by atoms with Gasteiger partial charge < -0.3 is 5.11 Å². The second kappa shape index (κ2) is 4.42. The van der Waals surface area contributed by atoms with Crippen LogP contribution in [0.4, 0.5) is 0 Å². The van der Waals surface area contributed by atoms with Gasteiger partial charge in [0.15, 0.2) is 0 Å². The average Bonchev–Trinajstić information content (AvgIpc) is 2.04. The van der Waals surface area contributed by atoms with Crippen LogP contribution in [0.3, 0.4) is 0 Å². The van der Waals surface area contributed by atoms with Crippen LogP contribution in [0.2, 0.25) is 0 Å². The van der Waals surface area contributed by atoms with Gasteiger partial charge in [-0.3, -0.25) is 9.69 Å². The van der Waals surface area contributed by atoms with Crippen LogP contribution in [0.5, 0.6) is 0 Å². The molecular formula is C10H17NO2. The molecule has 3 nitrogen and oxygen atoms in total. The van der Waals surface area contributed by atoms with Crippen LogP contribution in [0.15, 0.2) is 12.2 Å². The van der Waals surface area contributed by atoms with Crippen molar-refractivity contribution in [2.24, 2.45) is 5.92 Å². The SMILES string of the molecule is C=C(C)CN1CCC(C(=O)O)CC1. The summed E-state index contributed by atoms with van der Waals surface area (Å²) in [5.41, 5.74) is 1.15. The van der Waals surface area contributed by atoms with Crippen LogP contribution in [-0.2, 0) is 4.79 Å². The van der Waals surface area contributed by atoms with E-state index in [1.54, 1.807) is 0 Å². The molecule has 0 radical (unpaired) electrons. The fourth-order valence-electron chi connectivity index (χ4n) is 1.72. The van der Waals surface area contributed by atoms with Crippen molar-refractivity contribution >= 4 is 5.97 Å². The zero-order chi connectivity index (χ0) is 9.84. The number of carbonyl (C=O) groups is 1. The Hall–Kier alpha value is -0.830. The van der Waals surface area contributed by atoms with E-state index >= 15 is 0 Å². The van der Waals surface area contributed by atoms with Crippen LogP contribution in [0.1, 0.15) is 19.8 Å². The third-order valence-electron chi connectivity index (χ3n) is 2.43. The molecule has 0 atom stereocenters. The number of aliphatic carboxylic acids is 1. The Kier molecular flexibility index (Phi) is 3.48. The highest BCUT2D eigenvalue weighted by atomic mass is 16.4. The largest absolute Gasteiger partial charge is 0.481 e. The van der Waals surface area contributed by atoms with E-state index in [9.17, 15) is 4.79 Å². The minimum Gasteiger partial charge on any atom is -0.481 e. The molecule has 1 saturated heterocycles. The summed E-state index contributed by atoms with van der Waals surface area (Å²) in [7, 11) is 0. The molecule has 13 heavy (non-hydrogen) atoms. The summed E-state index contributed by atoms with van der Waals surface area (Å²) < 4.78 is 0. The van der Waals surface area contributed by atoms with Gasteiger partial charge in [0.05, 0.1) is 5.92 Å². The number of rotatable bonds is 3. The summed E-state index contributed by atoms with van der Waals surface area (Å²) in [4.78, 5) is 12.9. The van der Waals surface area contributed by atoms with Crippen molar-refractivity contribution in [2.45, 2.75) is 19.8 Å². The quantitative estimate of drug-likeness (QED) is 0.672. The van der Waals surface area contributed by atoms with E-state index in [-0.39, 0.29) is 5.92 Å². The van der Waals surface area contributed by atoms with Gasteiger partial charge in [-0.15, -0.1) is 0 Å². The molecule has 0 amide bonds. The van der Waals surface area contributed by atoms with E-state index in [2.05, 4.69) is 11.5 Å². The minimum atomic E-state index is -0.644. The highest BCUT2D eigenvalue weighted by molar-refractivity contribution is 5.70. The van der Waals surface area contributed by atoms with Crippen molar-refractivity contribution in [3.63, 3.8) is 0 Å². The number of likely N-dealkylation sites (tertiary alicyclic amines) is 1. The van der Waals surface area contributed by atoms with E-state index < -0.39 is 5.97 Å². The van der Waals surface area contributed by atoms with E-state index in [1.807, 2.05) is 6.92 Å². The normalized spacial score (nSPS) is 20.1. The first kappa shape index (κ1) is 10.3. The lowest BCUT2D eigenvalue weighted by atomic mass is 9.97. The number of hydrogen-bond donors (Lipinski definition) is 1. The molecular weight excluding hydrogens is 166 g/mol. The zero-order valence-electron chi connectivity index (χ0n) is 8.12. The molecule has 0 aromatic carbocycles. The number of carboxylic acids is 1. The summed E-state index contributed by atoms with van der Waals surface area (Å²) in [6.45, 7) is 8.54. The van der Waals surface area contributed by atoms with Crippen LogP contribution in [0.25, 0.3) is 0 Å². The maximum atomic E-state index is 10.6. The van der Waals surface area contributed by atoms with Gasteiger partial charge in [-0.1, -0.05) is 12.2 Å². The molecule has 1 aliphatic rings. The summed E-state index contributed by atoms with van der Waals surface area (Å²) in [5.74, 6) is -0.767. The third kappa shape index (κ3) is 3.19. The predicted molar refractivity (Wildman–Crippen MR) is 51.6 cm³/mol. The van der Waals surface area contributed by atoms with Crippen molar-refractivity contribution in [3.05, 3.63) is 12.2 Å². The molecule has 3 heteroatoms. The Morgan fingerprint density at radius 3 is 2.46 bits per heavy atom. The number of carboxylic acid groups (broad SMARTS) is 1. The van der Waals surface area contributed by atoms with Crippen LogP contribution in [0, 0.1) is 5.92 Å². The summed E-state index contributed by atoms with van der Waals surface area (Å²) in [6, 6.07) is 0. The highest BCUT2D eigenvalue weighted by Gasteiger charge is 2.23. The van der Waals surface area contributed by atoms with Gasteiger partial charge in [0.2, 0.25) is 0 Å². The molecule has 1 fully saturated rings. The van der Waals surface area contributed by atoms with E-state index in [4.69, 9.17) is 5.11 Å². The second-order valence-corrected chi connectivity index (χ2v) is 3.85. The van der Waals surface area contributed by atoms with Gasteiger partial charge >= 0.3 is 5.97 Å². The first-order chi connectivity index (χ1) is 6.09. The molecule has 0 aromatic rings. The molecule has 0 spiro atoms. The van der Waals surface area contributed by atoms with Gasteiger partial charge in [-0.05, 0) is 32.9 Å². The fourth-order valence-corrected chi connectivity index (χ4v) is 1.72. The van der Waals surface area contributed by atoms with Crippen LogP contribution < -0.4 is 0 Å². The van der Waals surface area contributed by atoms with Crippen LogP contribution in [-0.4, -0.2) is 35.6 Å². The molecule has 1 heterocycles. The smallest absolute Gasteiger partial charge is 0.306 e.